The first kappa shape index (κ1) is 27.0. The average Bonchev–Trinajstić information content (AvgIpc) is 3.30. The summed E-state index contributed by atoms with van der Waals surface area (Å²) in [6.45, 7) is 1.20. The van der Waals surface area contributed by atoms with Gasteiger partial charge in [-0.05, 0) is 30.3 Å². The topological polar surface area (TPSA) is 71.0 Å². The molecule has 1 aliphatic carbocycles. The van der Waals surface area contributed by atoms with Crippen molar-refractivity contribution in [3.8, 4) is 0 Å². The summed E-state index contributed by atoms with van der Waals surface area (Å²) < 4.78 is 43.1. The Labute approximate surface area is 225 Å². The number of nitrogens with one attached hydrogen (secondary N) is 1. The fraction of sp³-hybridized carbons (Fsp3) is 0.240. The molecule has 4 rings (SSSR count). The van der Waals surface area contributed by atoms with Crippen LogP contribution in [-0.2, 0) is 9.63 Å². The van der Waals surface area contributed by atoms with Crippen molar-refractivity contribution >= 4 is 58.0 Å². The van der Waals surface area contributed by atoms with Gasteiger partial charge >= 0.3 is 6.18 Å². The van der Waals surface area contributed by atoms with Crippen molar-refractivity contribution in [3.63, 3.8) is 0 Å². The highest BCUT2D eigenvalue weighted by molar-refractivity contribution is 6.34. The monoisotopic (exact) mass is 571 g/mol. The first-order chi connectivity index (χ1) is 17.4. The third kappa shape index (κ3) is 5.49. The van der Waals surface area contributed by atoms with E-state index in [9.17, 15) is 22.8 Å². The molecule has 0 saturated carbocycles. The van der Waals surface area contributed by atoms with Crippen LogP contribution in [0.2, 0.25) is 5.02 Å². The quantitative estimate of drug-likeness (QED) is 0.335. The van der Waals surface area contributed by atoms with Crippen molar-refractivity contribution in [2.45, 2.75) is 36.9 Å². The maximum absolute atomic E-state index is 14.4. The Morgan fingerprint density at radius 2 is 1.86 bits per heavy atom. The molecule has 6 nitrogen and oxygen atoms in total. The number of oxime groups is 1. The molecule has 0 radical (unpaired) electrons. The van der Waals surface area contributed by atoms with E-state index in [0.717, 1.165) is 5.01 Å². The van der Waals surface area contributed by atoms with E-state index in [1.807, 2.05) is 0 Å². The fourth-order valence-corrected chi connectivity index (χ4v) is 4.84. The molecule has 1 aliphatic heterocycles. The molecule has 2 atom stereocenters. The largest absolute Gasteiger partial charge is 0.435 e. The number of rotatable bonds is 4. The second-order valence-electron chi connectivity index (χ2n) is 8.40. The summed E-state index contributed by atoms with van der Waals surface area (Å²) in [4.78, 5) is 30.1. The predicted octanol–water partition coefficient (Wildman–Crippen LogP) is 6.52. The van der Waals surface area contributed by atoms with Crippen LogP contribution in [0.1, 0.15) is 35.7 Å². The molecule has 0 spiro atoms. The number of halogens is 6. The van der Waals surface area contributed by atoms with E-state index in [-0.39, 0.29) is 44.6 Å². The smallest absolute Gasteiger partial charge is 0.374 e. The molecule has 12 heteroatoms. The van der Waals surface area contributed by atoms with Gasteiger partial charge in [-0.15, -0.1) is 11.6 Å². The van der Waals surface area contributed by atoms with Gasteiger partial charge in [-0.2, -0.15) is 13.2 Å². The van der Waals surface area contributed by atoms with Crippen molar-refractivity contribution < 1.29 is 27.6 Å². The zero-order valence-electron chi connectivity index (χ0n) is 19.2. The van der Waals surface area contributed by atoms with Crippen LogP contribution in [0.25, 0.3) is 0 Å². The Morgan fingerprint density at radius 1 is 1.16 bits per heavy atom. The van der Waals surface area contributed by atoms with Gasteiger partial charge in [0, 0.05) is 41.5 Å². The average molecular weight is 573 g/mol. The Balaban J connectivity index is 1.72. The van der Waals surface area contributed by atoms with E-state index in [1.54, 1.807) is 30.3 Å². The number of anilines is 1. The molecule has 2 unspecified atom stereocenters. The second kappa shape index (κ2) is 10.4. The van der Waals surface area contributed by atoms with Crippen LogP contribution < -0.4 is 10.4 Å². The summed E-state index contributed by atoms with van der Waals surface area (Å²) in [5.41, 5.74) is -0.185. The third-order valence-corrected chi connectivity index (χ3v) is 6.59. The molecule has 2 aromatic carbocycles. The summed E-state index contributed by atoms with van der Waals surface area (Å²) in [7, 11) is 0. The Kier molecular flexibility index (Phi) is 7.60. The fourth-order valence-electron chi connectivity index (χ4n) is 3.98. The van der Waals surface area contributed by atoms with Crippen LogP contribution >= 0.6 is 34.8 Å². The van der Waals surface area contributed by atoms with Crippen molar-refractivity contribution in [1.29, 1.82) is 0 Å². The highest BCUT2D eigenvalue weighted by Gasteiger charge is 2.63. The number of alkyl halides is 4. The molecule has 2 aliphatic rings. The maximum atomic E-state index is 14.4. The Bertz CT molecular complexity index is 1330. The van der Waals surface area contributed by atoms with E-state index in [4.69, 9.17) is 39.6 Å². The Hall–Kier alpha value is -3.01. The first-order valence-electron chi connectivity index (χ1n) is 10.9. The number of nitrogens with zero attached hydrogens (tertiary/aromatic N) is 2. The van der Waals surface area contributed by atoms with Gasteiger partial charge in [0.2, 0.25) is 5.91 Å². The van der Waals surface area contributed by atoms with E-state index >= 15 is 0 Å². The van der Waals surface area contributed by atoms with Crippen molar-refractivity contribution in [2.24, 2.45) is 5.16 Å². The molecule has 0 bridgehead atoms. The zero-order chi connectivity index (χ0) is 27.0. The van der Waals surface area contributed by atoms with E-state index in [2.05, 4.69) is 10.6 Å². The minimum Gasteiger partial charge on any atom is -0.374 e. The van der Waals surface area contributed by atoms with Gasteiger partial charge in [0.05, 0.1) is 21.8 Å². The predicted molar refractivity (Wildman–Crippen MR) is 136 cm³/mol. The molecule has 1 heterocycles. The lowest BCUT2D eigenvalue weighted by atomic mass is 9.83. The lowest BCUT2D eigenvalue weighted by Gasteiger charge is -2.32. The zero-order valence-corrected chi connectivity index (χ0v) is 21.4. The summed E-state index contributed by atoms with van der Waals surface area (Å²) >= 11 is 18.5. The number of benzene rings is 2. The first-order valence-corrected chi connectivity index (χ1v) is 12.1. The summed E-state index contributed by atoms with van der Waals surface area (Å²) in [6, 6.07) is 12.3. The van der Waals surface area contributed by atoms with Crippen molar-refractivity contribution in [3.05, 3.63) is 87.4 Å². The van der Waals surface area contributed by atoms with Crippen molar-refractivity contribution in [1.82, 2.24) is 5.43 Å². The molecule has 37 heavy (non-hydrogen) atoms. The van der Waals surface area contributed by atoms with E-state index in [1.165, 1.54) is 37.3 Å². The minimum absolute atomic E-state index is 0.0380. The van der Waals surface area contributed by atoms with Gasteiger partial charge in [0.15, 0.2) is 0 Å². The number of carbonyl (C=O) groups is 2. The molecule has 1 N–H and O–H groups in total. The lowest BCUT2D eigenvalue weighted by Crippen LogP contribution is -2.47. The van der Waals surface area contributed by atoms with Gasteiger partial charge in [0.25, 0.3) is 11.5 Å². The molecule has 194 valence electrons. The van der Waals surface area contributed by atoms with Crippen LogP contribution in [0.4, 0.5) is 18.9 Å². The number of hydrogen-bond donors (Lipinski definition) is 1. The highest BCUT2D eigenvalue weighted by Crippen LogP contribution is 2.48. The van der Waals surface area contributed by atoms with Crippen LogP contribution in [0.5, 0.6) is 0 Å². The summed E-state index contributed by atoms with van der Waals surface area (Å²) in [5.74, 6) is -1.17. The summed E-state index contributed by atoms with van der Waals surface area (Å²) in [5, 5.41) is 4.18. The SMILES string of the molecule is CC(=O)NN(C(=O)c1ccccc1)c1cc(C2=NOC(C3=CC(Cl)CC(Cl)=C3)(C(F)(F)F)C2)ccc1Cl. The molecule has 0 aromatic heterocycles. The van der Waals surface area contributed by atoms with Gasteiger partial charge in [-0.1, -0.05) is 58.7 Å². The third-order valence-electron chi connectivity index (χ3n) is 5.73. The van der Waals surface area contributed by atoms with E-state index in [0.29, 0.717) is 0 Å². The normalized spacial score (nSPS) is 21.4. The maximum Gasteiger partial charge on any atom is 0.435 e. The van der Waals surface area contributed by atoms with Gasteiger partial charge < -0.3 is 4.84 Å². The van der Waals surface area contributed by atoms with Gasteiger partial charge in [0.1, 0.15) is 0 Å². The minimum atomic E-state index is -4.85. The van der Waals surface area contributed by atoms with Crippen LogP contribution in [0, 0.1) is 0 Å². The standard InChI is InChI=1S/C25H19Cl3F3N3O3/c1-14(35)32-34(23(36)15-5-3-2-4-6-15)22-9-16(7-8-20(22)28)21-13-24(37-33-21,25(29,30)31)17-10-18(26)12-19(27)11-17/h2-11,18H,12-13H2,1H3,(H,32,35). The van der Waals surface area contributed by atoms with Crippen LogP contribution in [-0.4, -0.2) is 34.7 Å². The number of amides is 2. The second-order valence-corrected chi connectivity index (χ2v) is 9.86. The van der Waals surface area contributed by atoms with Crippen LogP contribution in [0.15, 0.2) is 76.4 Å². The Morgan fingerprint density at radius 3 is 2.49 bits per heavy atom. The van der Waals surface area contributed by atoms with Crippen LogP contribution in [0.3, 0.4) is 0 Å². The molecular weight excluding hydrogens is 554 g/mol. The molecule has 0 saturated heterocycles. The number of hydrazine groups is 1. The van der Waals surface area contributed by atoms with Gasteiger partial charge in [-0.25, -0.2) is 5.01 Å². The number of hydrogen-bond acceptors (Lipinski definition) is 4. The van der Waals surface area contributed by atoms with E-state index < -0.39 is 35.4 Å². The summed E-state index contributed by atoms with van der Waals surface area (Å²) in [6.07, 6.45) is -2.89. The molecule has 2 aromatic rings. The molecule has 0 fully saturated rings. The molecular formula is C25H19Cl3F3N3O3. The van der Waals surface area contributed by atoms with Gasteiger partial charge in [-0.3, -0.25) is 15.0 Å². The van der Waals surface area contributed by atoms with Crippen molar-refractivity contribution in [2.75, 3.05) is 5.01 Å². The highest BCUT2D eigenvalue weighted by atomic mass is 35.5. The number of allylic oxidation sites excluding steroid dienone is 2. The number of carbonyl (C=O) groups excluding carboxylic acids is 2. The lowest BCUT2D eigenvalue weighted by molar-refractivity contribution is -0.252. The molecule has 2 amide bonds.